The zero-order valence-electron chi connectivity index (χ0n) is 26.3. The smallest absolute Gasteiger partial charge is 0.226 e. The van der Waals surface area contributed by atoms with Crippen molar-refractivity contribution >= 4 is 45.1 Å². The summed E-state index contributed by atoms with van der Waals surface area (Å²) in [5.41, 5.74) is 1.85. The first-order valence-electron chi connectivity index (χ1n) is 14.9. The van der Waals surface area contributed by atoms with E-state index in [1.807, 2.05) is 0 Å². The van der Waals surface area contributed by atoms with E-state index in [2.05, 4.69) is 84.2 Å². The molecule has 0 bridgehead atoms. The normalized spacial score (nSPS) is 23.7. The summed E-state index contributed by atoms with van der Waals surface area (Å²) in [6.07, 6.45) is 6.76. The van der Waals surface area contributed by atoms with E-state index >= 15 is 0 Å². The Labute approximate surface area is 243 Å². The zero-order valence-corrected chi connectivity index (χ0v) is 29.1. The van der Waals surface area contributed by atoms with E-state index in [0.717, 1.165) is 74.2 Å². The second-order valence-electron chi connectivity index (χ2n) is 14.9. The van der Waals surface area contributed by atoms with Crippen molar-refractivity contribution in [1.82, 2.24) is 19.7 Å². The maximum Gasteiger partial charge on any atom is 0.226 e. The average molecular weight is 594 g/mol. The molecule has 2 aliphatic rings. The molecule has 1 aliphatic heterocycles. The summed E-state index contributed by atoms with van der Waals surface area (Å²) in [6.45, 7) is 27.0. The zero-order chi connectivity index (χ0) is 29.0. The summed E-state index contributed by atoms with van der Waals surface area (Å²) in [5.74, 6) is 0.921. The number of halogens is 1. The summed E-state index contributed by atoms with van der Waals surface area (Å²) < 4.78 is 15.6. The second kappa shape index (κ2) is 11.0. The van der Waals surface area contributed by atoms with E-state index in [-0.39, 0.29) is 10.1 Å². The Morgan fingerprint density at radius 2 is 1.51 bits per heavy atom. The number of hydrogen-bond acceptors (Lipinski definition) is 6. The number of aromatic nitrogens is 4. The van der Waals surface area contributed by atoms with Gasteiger partial charge < -0.3 is 13.8 Å². The largest absolute Gasteiger partial charge is 0.415 e. The van der Waals surface area contributed by atoms with Crippen molar-refractivity contribution in [2.45, 2.75) is 141 Å². The van der Waals surface area contributed by atoms with Crippen LogP contribution in [-0.4, -0.2) is 61.7 Å². The molecule has 7 nitrogen and oxygen atoms in total. The minimum atomic E-state index is -1.84. The fourth-order valence-corrected chi connectivity index (χ4v) is 8.06. The van der Waals surface area contributed by atoms with Gasteiger partial charge in [0.25, 0.3) is 0 Å². The Balaban J connectivity index is 1.55. The molecule has 39 heavy (non-hydrogen) atoms. The van der Waals surface area contributed by atoms with Crippen molar-refractivity contribution in [1.29, 1.82) is 0 Å². The average Bonchev–Trinajstić information content (AvgIpc) is 3.40. The van der Waals surface area contributed by atoms with E-state index in [9.17, 15) is 0 Å². The van der Waals surface area contributed by atoms with Crippen LogP contribution in [-0.2, 0) is 8.85 Å². The highest BCUT2D eigenvalue weighted by molar-refractivity contribution is 6.74. The predicted octanol–water partition coefficient (Wildman–Crippen LogP) is 8.28. The fraction of sp³-hybridized carbons (Fsp3) is 0.828. The lowest BCUT2D eigenvalue weighted by Crippen LogP contribution is -2.45. The molecule has 0 N–H and O–H groups in total. The first-order chi connectivity index (χ1) is 17.9. The van der Waals surface area contributed by atoms with Crippen LogP contribution in [0.25, 0.3) is 11.0 Å². The van der Waals surface area contributed by atoms with Crippen LogP contribution in [0.1, 0.15) is 91.8 Å². The number of nitrogens with zero attached hydrogens (tertiary/aromatic N) is 5. The van der Waals surface area contributed by atoms with E-state index in [1.54, 1.807) is 0 Å². The van der Waals surface area contributed by atoms with Gasteiger partial charge in [0.05, 0.1) is 29.8 Å². The molecule has 220 valence electrons. The molecular formula is C29H52ClN5O2Si2. The Morgan fingerprint density at radius 1 is 0.897 bits per heavy atom. The van der Waals surface area contributed by atoms with Gasteiger partial charge in [0.15, 0.2) is 22.3 Å². The molecule has 0 unspecified atom stereocenters. The Kier molecular flexibility index (Phi) is 8.73. The van der Waals surface area contributed by atoms with Crippen molar-refractivity contribution in [2.24, 2.45) is 0 Å². The van der Waals surface area contributed by atoms with Crippen LogP contribution in [0.5, 0.6) is 0 Å². The predicted molar refractivity (Wildman–Crippen MR) is 168 cm³/mol. The van der Waals surface area contributed by atoms with Crippen molar-refractivity contribution in [3.63, 3.8) is 0 Å². The van der Waals surface area contributed by atoms with Gasteiger partial charge in [-0.05, 0) is 93.3 Å². The van der Waals surface area contributed by atoms with E-state index < -0.39 is 16.6 Å². The van der Waals surface area contributed by atoms with Gasteiger partial charge in [-0.2, -0.15) is 15.1 Å². The summed E-state index contributed by atoms with van der Waals surface area (Å²) in [5, 5.41) is 6.79. The fourth-order valence-electron chi connectivity index (χ4n) is 5.43. The number of rotatable bonds is 7. The quantitative estimate of drug-likeness (QED) is 0.238. The molecule has 3 heterocycles. The lowest BCUT2D eigenvalue weighted by atomic mass is 9.93. The molecule has 2 fully saturated rings. The van der Waals surface area contributed by atoms with Crippen molar-refractivity contribution in [3.05, 3.63) is 11.0 Å². The Bertz CT molecular complexity index is 1160. The van der Waals surface area contributed by atoms with Crippen LogP contribution in [0.3, 0.4) is 0 Å². The molecule has 0 aromatic carbocycles. The number of anilines is 1. The van der Waals surface area contributed by atoms with Gasteiger partial charge in [-0.1, -0.05) is 41.5 Å². The van der Waals surface area contributed by atoms with Gasteiger partial charge in [0.1, 0.15) is 5.82 Å². The lowest BCUT2D eigenvalue weighted by molar-refractivity contribution is 0.116. The van der Waals surface area contributed by atoms with Gasteiger partial charge in [0.2, 0.25) is 5.28 Å². The molecule has 0 amide bonds. The molecule has 4 rings (SSSR count). The molecule has 1 atom stereocenters. The summed E-state index contributed by atoms with van der Waals surface area (Å²) in [6, 6.07) is 0.592. The van der Waals surface area contributed by atoms with Crippen LogP contribution in [0.2, 0.25) is 41.5 Å². The Morgan fingerprint density at radius 3 is 2.10 bits per heavy atom. The molecule has 0 radical (unpaired) electrons. The van der Waals surface area contributed by atoms with Crippen LogP contribution in [0.15, 0.2) is 0 Å². The number of fused-ring (bicyclic) bond motifs is 1. The van der Waals surface area contributed by atoms with Crippen LogP contribution < -0.4 is 4.90 Å². The van der Waals surface area contributed by atoms with Crippen molar-refractivity contribution < 1.29 is 8.85 Å². The van der Waals surface area contributed by atoms with Crippen LogP contribution in [0.4, 0.5) is 5.82 Å². The van der Waals surface area contributed by atoms with Crippen molar-refractivity contribution in [2.75, 3.05) is 18.1 Å². The van der Waals surface area contributed by atoms with Gasteiger partial charge >= 0.3 is 0 Å². The highest BCUT2D eigenvalue weighted by atomic mass is 35.5. The van der Waals surface area contributed by atoms with E-state index in [0.29, 0.717) is 23.5 Å². The monoisotopic (exact) mass is 593 g/mol. The maximum atomic E-state index is 6.75. The number of hydrogen-bond donors (Lipinski definition) is 0. The third kappa shape index (κ3) is 6.42. The third-order valence-electron chi connectivity index (χ3n) is 10.0. The van der Waals surface area contributed by atoms with Gasteiger partial charge in [0, 0.05) is 12.6 Å². The highest BCUT2D eigenvalue weighted by Gasteiger charge is 2.41. The van der Waals surface area contributed by atoms with E-state index in [4.69, 9.17) is 35.5 Å². The van der Waals surface area contributed by atoms with E-state index in [1.165, 1.54) is 0 Å². The van der Waals surface area contributed by atoms with Gasteiger partial charge in [-0.15, -0.1) is 0 Å². The standard InChI is InChI=1S/C29H52ClN5O2Si2/c1-20-24-25(34-18-12-13-22(34)19-36-38(8,9)28(2,3)4)31-27(30)32-26(24)35(33-20)21-14-16-23(17-15-21)37-39(10,11)29(5,6)7/h21-23H,12-19H2,1-11H3/t21-,22-,23+/m0/s1. The van der Waals surface area contributed by atoms with Gasteiger partial charge in [-0.25, -0.2) is 4.68 Å². The van der Waals surface area contributed by atoms with Crippen molar-refractivity contribution in [3.8, 4) is 0 Å². The SMILES string of the molecule is Cc1nn([C@H]2CC[C@@H](O[Si](C)(C)C(C)(C)C)CC2)c2nc(Cl)nc(N3CCC[C@H]3CO[Si](C)(C)C(C)(C)C)c12. The molecule has 1 aliphatic carbocycles. The Hall–Kier alpha value is -1.01. The minimum absolute atomic E-state index is 0.189. The minimum Gasteiger partial charge on any atom is -0.415 e. The molecule has 2 aromatic rings. The molecule has 2 aromatic heterocycles. The van der Waals surface area contributed by atoms with Crippen LogP contribution >= 0.6 is 11.6 Å². The molecule has 1 saturated carbocycles. The molecule has 1 saturated heterocycles. The third-order valence-corrected chi connectivity index (χ3v) is 19.2. The topological polar surface area (TPSA) is 65.3 Å². The summed E-state index contributed by atoms with van der Waals surface area (Å²) in [4.78, 5) is 11.9. The lowest BCUT2D eigenvalue weighted by Gasteiger charge is -2.41. The first-order valence-corrected chi connectivity index (χ1v) is 21.1. The highest BCUT2D eigenvalue weighted by Crippen LogP contribution is 2.42. The molecule has 10 heteroatoms. The molecule has 0 spiro atoms. The maximum absolute atomic E-state index is 6.75. The summed E-state index contributed by atoms with van der Waals surface area (Å²) >= 11 is 6.59. The first kappa shape index (κ1) is 30.9. The van der Waals surface area contributed by atoms with Gasteiger partial charge in [-0.3, -0.25) is 0 Å². The molecular weight excluding hydrogens is 542 g/mol. The van der Waals surface area contributed by atoms with Crippen LogP contribution in [0, 0.1) is 6.92 Å². The number of aryl methyl sites for hydroxylation is 1. The second-order valence-corrected chi connectivity index (χ2v) is 24.8. The summed E-state index contributed by atoms with van der Waals surface area (Å²) in [7, 11) is -3.61.